The molecule has 0 unspecified atom stereocenters. The maximum Gasteiger partial charge on any atom is 0.0464 e. The zero-order chi connectivity index (χ0) is 14.9. The lowest BCUT2D eigenvalue weighted by molar-refractivity contribution is 1.45. The molecule has 0 spiro atoms. The number of aryl methyl sites for hydroxylation is 1. The molecule has 0 radical (unpaired) electrons. The molecular weight excluding hydrogens is 266 g/mol. The summed E-state index contributed by atoms with van der Waals surface area (Å²) in [6, 6.07) is 27.9. The molecule has 0 aromatic heterocycles. The van der Waals surface area contributed by atoms with E-state index in [1.807, 2.05) is 0 Å². The van der Waals surface area contributed by atoms with Crippen molar-refractivity contribution in [3.05, 3.63) is 84.4 Å². The van der Waals surface area contributed by atoms with Gasteiger partial charge in [0.15, 0.2) is 0 Å². The molecular formula is C21H17N. The highest BCUT2D eigenvalue weighted by Gasteiger charge is 2.03. The van der Waals surface area contributed by atoms with Crippen LogP contribution in [0.4, 0.5) is 11.4 Å². The van der Waals surface area contributed by atoms with Crippen LogP contribution in [0.2, 0.25) is 0 Å². The summed E-state index contributed by atoms with van der Waals surface area (Å²) in [6.07, 6.45) is 0. The molecule has 1 N–H and O–H groups in total. The third-order valence-corrected chi connectivity index (χ3v) is 4.04. The van der Waals surface area contributed by atoms with Crippen LogP contribution in [0.3, 0.4) is 0 Å². The molecule has 0 atom stereocenters. The molecule has 1 nitrogen and oxygen atoms in total. The monoisotopic (exact) mass is 283 g/mol. The highest BCUT2D eigenvalue weighted by atomic mass is 14.9. The van der Waals surface area contributed by atoms with Crippen molar-refractivity contribution in [3.63, 3.8) is 0 Å². The summed E-state index contributed by atoms with van der Waals surface area (Å²) in [6.45, 7) is 2.11. The first-order valence-electron chi connectivity index (χ1n) is 7.55. The number of benzene rings is 4. The maximum atomic E-state index is 3.55. The van der Waals surface area contributed by atoms with Crippen LogP contribution in [-0.4, -0.2) is 0 Å². The van der Waals surface area contributed by atoms with E-state index in [9.17, 15) is 0 Å². The number of rotatable bonds is 2. The van der Waals surface area contributed by atoms with Crippen LogP contribution in [0.25, 0.3) is 21.5 Å². The standard InChI is InChI=1S/C21H17N/c1-15-6-4-10-19(12-15)22-21-11-5-9-18-13-16-7-2-3-8-17(16)14-20(18)21/h2-14,22H,1H3. The lowest BCUT2D eigenvalue weighted by Crippen LogP contribution is -1.92. The largest absolute Gasteiger partial charge is 0.355 e. The molecule has 22 heavy (non-hydrogen) atoms. The van der Waals surface area contributed by atoms with E-state index >= 15 is 0 Å². The predicted octanol–water partition coefficient (Wildman–Crippen LogP) is 6.05. The first-order chi connectivity index (χ1) is 10.8. The van der Waals surface area contributed by atoms with Gasteiger partial charge < -0.3 is 5.32 Å². The summed E-state index contributed by atoms with van der Waals surface area (Å²) >= 11 is 0. The van der Waals surface area contributed by atoms with E-state index < -0.39 is 0 Å². The summed E-state index contributed by atoms with van der Waals surface area (Å²) in [7, 11) is 0. The van der Waals surface area contributed by atoms with Crippen molar-refractivity contribution in [2.75, 3.05) is 5.32 Å². The van der Waals surface area contributed by atoms with Crippen molar-refractivity contribution in [1.82, 2.24) is 0 Å². The molecule has 0 aliphatic heterocycles. The third kappa shape index (κ3) is 2.31. The average molecular weight is 283 g/mol. The SMILES string of the molecule is Cc1cccc(Nc2cccc3cc4ccccc4cc23)c1. The van der Waals surface area contributed by atoms with E-state index in [1.165, 1.54) is 27.1 Å². The summed E-state index contributed by atoms with van der Waals surface area (Å²) in [5, 5.41) is 8.62. The van der Waals surface area contributed by atoms with Crippen molar-refractivity contribution in [2.24, 2.45) is 0 Å². The van der Waals surface area contributed by atoms with Crippen molar-refractivity contribution in [1.29, 1.82) is 0 Å². The molecule has 0 aliphatic rings. The summed E-state index contributed by atoms with van der Waals surface area (Å²) < 4.78 is 0. The van der Waals surface area contributed by atoms with Crippen LogP contribution in [0.5, 0.6) is 0 Å². The normalized spacial score (nSPS) is 11.0. The van der Waals surface area contributed by atoms with E-state index in [1.54, 1.807) is 0 Å². The van der Waals surface area contributed by atoms with Crippen LogP contribution in [0, 0.1) is 6.92 Å². The highest BCUT2D eigenvalue weighted by molar-refractivity contribution is 6.04. The van der Waals surface area contributed by atoms with Crippen molar-refractivity contribution >= 4 is 32.9 Å². The lowest BCUT2D eigenvalue weighted by atomic mass is 10.0. The minimum Gasteiger partial charge on any atom is -0.355 e. The molecule has 4 aromatic carbocycles. The second-order valence-corrected chi connectivity index (χ2v) is 5.72. The van der Waals surface area contributed by atoms with E-state index in [0.29, 0.717) is 0 Å². The van der Waals surface area contributed by atoms with Gasteiger partial charge >= 0.3 is 0 Å². The average Bonchev–Trinajstić information content (AvgIpc) is 2.53. The molecule has 1 heteroatoms. The number of fused-ring (bicyclic) bond motifs is 2. The van der Waals surface area contributed by atoms with Gasteiger partial charge in [-0.25, -0.2) is 0 Å². The Morgan fingerprint density at radius 2 is 1.36 bits per heavy atom. The second kappa shape index (κ2) is 5.19. The molecule has 0 bridgehead atoms. The van der Waals surface area contributed by atoms with Crippen molar-refractivity contribution < 1.29 is 0 Å². The number of anilines is 2. The molecule has 4 aromatic rings. The summed E-state index contributed by atoms with van der Waals surface area (Å²) in [4.78, 5) is 0. The van der Waals surface area contributed by atoms with Gasteiger partial charge in [0.2, 0.25) is 0 Å². The Morgan fingerprint density at radius 1 is 0.636 bits per heavy atom. The Labute approximate surface area is 130 Å². The van der Waals surface area contributed by atoms with Gasteiger partial charge in [-0.15, -0.1) is 0 Å². The minimum absolute atomic E-state index is 1.13. The van der Waals surface area contributed by atoms with Gasteiger partial charge in [-0.1, -0.05) is 48.5 Å². The van der Waals surface area contributed by atoms with Crippen LogP contribution in [0.1, 0.15) is 5.56 Å². The molecule has 0 heterocycles. The van der Waals surface area contributed by atoms with E-state index in [-0.39, 0.29) is 0 Å². The first-order valence-corrected chi connectivity index (χ1v) is 7.55. The van der Waals surface area contributed by atoms with Crippen LogP contribution in [0.15, 0.2) is 78.9 Å². The zero-order valence-corrected chi connectivity index (χ0v) is 12.5. The van der Waals surface area contributed by atoms with Crippen molar-refractivity contribution in [3.8, 4) is 0 Å². The fourth-order valence-corrected chi connectivity index (χ4v) is 2.95. The van der Waals surface area contributed by atoms with Gasteiger partial charge in [0.25, 0.3) is 0 Å². The van der Waals surface area contributed by atoms with Gasteiger partial charge in [-0.2, -0.15) is 0 Å². The molecule has 0 saturated carbocycles. The molecule has 4 rings (SSSR count). The fraction of sp³-hybridized carbons (Fsp3) is 0.0476. The topological polar surface area (TPSA) is 12.0 Å². The van der Waals surface area contributed by atoms with Gasteiger partial charge in [-0.05, 0) is 59.0 Å². The molecule has 106 valence electrons. The van der Waals surface area contributed by atoms with Crippen LogP contribution < -0.4 is 5.32 Å². The first kappa shape index (κ1) is 12.9. The zero-order valence-electron chi connectivity index (χ0n) is 12.5. The summed E-state index contributed by atoms with van der Waals surface area (Å²) in [5.41, 5.74) is 3.53. The van der Waals surface area contributed by atoms with Gasteiger partial charge in [0.1, 0.15) is 0 Å². The Morgan fingerprint density at radius 3 is 2.18 bits per heavy atom. The van der Waals surface area contributed by atoms with Gasteiger partial charge in [0.05, 0.1) is 0 Å². The second-order valence-electron chi connectivity index (χ2n) is 5.72. The smallest absolute Gasteiger partial charge is 0.0464 e. The molecule has 0 saturated heterocycles. The Hall–Kier alpha value is -2.80. The number of hydrogen-bond acceptors (Lipinski definition) is 1. The van der Waals surface area contributed by atoms with E-state index in [0.717, 1.165) is 11.4 Å². The maximum absolute atomic E-state index is 3.55. The van der Waals surface area contributed by atoms with Crippen LogP contribution >= 0.6 is 0 Å². The molecule has 0 fully saturated rings. The van der Waals surface area contributed by atoms with E-state index in [4.69, 9.17) is 0 Å². The van der Waals surface area contributed by atoms with Gasteiger partial charge in [-0.3, -0.25) is 0 Å². The van der Waals surface area contributed by atoms with Crippen LogP contribution in [-0.2, 0) is 0 Å². The summed E-state index contributed by atoms with van der Waals surface area (Å²) in [5.74, 6) is 0. The van der Waals surface area contributed by atoms with E-state index in [2.05, 4.69) is 91.1 Å². The molecule has 0 amide bonds. The Bertz CT molecular complexity index is 970. The molecule has 0 aliphatic carbocycles. The predicted molar refractivity (Wildman–Crippen MR) is 95.9 cm³/mol. The van der Waals surface area contributed by atoms with Gasteiger partial charge in [0, 0.05) is 16.8 Å². The van der Waals surface area contributed by atoms with Crippen molar-refractivity contribution in [2.45, 2.75) is 6.92 Å². The quantitative estimate of drug-likeness (QED) is 0.442. The number of hydrogen-bond donors (Lipinski definition) is 1. The minimum atomic E-state index is 1.13. The Kier molecular flexibility index (Phi) is 3.05. The Balaban J connectivity index is 1.88. The lowest BCUT2D eigenvalue weighted by Gasteiger charge is -2.11. The highest BCUT2D eigenvalue weighted by Crippen LogP contribution is 2.30. The fourth-order valence-electron chi connectivity index (χ4n) is 2.95. The third-order valence-electron chi connectivity index (χ3n) is 4.04. The number of nitrogens with one attached hydrogen (secondary N) is 1.